The molecule has 0 heterocycles. The molecule has 0 aliphatic rings. The maximum absolute atomic E-state index is 11.7. The second kappa shape index (κ2) is 6.83. The predicted molar refractivity (Wildman–Crippen MR) is 76.9 cm³/mol. The highest BCUT2D eigenvalue weighted by Gasteiger charge is 2.18. The van der Waals surface area contributed by atoms with Gasteiger partial charge in [0.05, 0.1) is 12.6 Å². The number of hydrogen-bond acceptors (Lipinski definition) is 5. The number of azide groups is 1. The van der Waals surface area contributed by atoms with Crippen molar-refractivity contribution in [3.8, 4) is 5.75 Å². The van der Waals surface area contributed by atoms with E-state index in [0.717, 1.165) is 0 Å². The molecular formula is C13H18N4O4. The molecule has 1 unspecified atom stereocenters. The van der Waals surface area contributed by atoms with E-state index in [1.807, 2.05) is 0 Å². The quantitative estimate of drug-likeness (QED) is 0.341. The second-order valence-corrected chi connectivity index (χ2v) is 5.30. The Labute approximate surface area is 122 Å². The van der Waals surface area contributed by atoms with E-state index in [0.29, 0.717) is 5.69 Å². The summed E-state index contributed by atoms with van der Waals surface area (Å²) in [6.45, 7) is 4.74. The number of rotatable bonds is 4. The first kappa shape index (κ1) is 16.6. The van der Waals surface area contributed by atoms with Gasteiger partial charge < -0.3 is 14.9 Å². The van der Waals surface area contributed by atoms with E-state index < -0.39 is 24.3 Å². The number of amides is 1. The molecular weight excluding hydrogens is 276 g/mol. The lowest BCUT2D eigenvalue weighted by Crippen LogP contribution is -2.27. The van der Waals surface area contributed by atoms with Gasteiger partial charge in [0.1, 0.15) is 11.4 Å². The maximum Gasteiger partial charge on any atom is 0.412 e. The van der Waals surface area contributed by atoms with E-state index in [2.05, 4.69) is 15.3 Å². The number of aliphatic hydroxyl groups is 1. The zero-order chi connectivity index (χ0) is 16.0. The van der Waals surface area contributed by atoms with Crippen LogP contribution in [0.2, 0.25) is 0 Å². The minimum atomic E-state index is -0.935. The maximum atomic E-state index is 11.7. The lowest BCUT2D eigenvalue weighted by Gasteiger charge is -2.20. The molecule has 0 spiro atoms. The number of aromatic hydroxyl groups is 1. The van der Waals surface area contributed by atoms with Crippen LogP contribution in [0.5, 0.6) is 5.75 Å². The fourth-order valence-corrected chi connectivity index (χ4v) is 1.58. The number of phenolic OH excluding ortho intramolecular Hbond substituents is 1. The van der Waals surface area contributed by atoms with Crippen molar-refractivity contribution in [1.82, 2.24) is 0 Å². The van der Waals surface area contributed by atoms with Gasteiger partial charge in [-0.05, 0) is 44.5 Å². The predicted octanol–water partition coefficient (Wildman–Crippen LogP) is 3.08. The molecule has 1 rings (SSSR count). The van der Waals surface area contributed by atoms with Crippen molar-refractivity contribution >= 4 is 11.8 Å². The second-order valence-electron chi connectivity index (χ2n) is 5.30. The van der Waals surface area contributed by atoms with Gasteiger partial charge in [-0.1, -0.05) is 5.11 Å². The van der Waals surface area contributed by atoms with Gasteiger partial charge in [-0.3, -0.25) is 5.32 Å². The van der Waals surface area contributed by atoms with Gasteiger partial charge in [-0.2, -0.15) is 0 Å². The minimum absolute atomic E-state index is 0.142. The molecule has 8 heteroatoms. The molecule has 0 aliphatic carbocycles. The Kier molecular flexibility index (Phi) is 5.40. The van der Waals surface area contributed by atoms with E-state index in [1.165, 1.54) is 18.2 Å². The summed E-state index contributed by atoms with van der Waals surface area (Å²) in [5.74, 6) is -0.142. The van der Waals surface area contributed by atoms with Crippen molar-refractivity contribution in [2.45, 2.75) is 32.4 Å². The minimum Gasteiger partial charge on any atom is -0.508 e. The number of hydrogen-bond donors (Lipinski definition) is 3. The summed E-state index contributed by atoms with van der Waals surface area (Å²) in [4.78, 5) is 14.3. The number of nitrogens with zero attached hydrogens (tertiary/aromatic N) is 3. The van der Waals surface area contributed by atoms with Gasteiger partial charge in [0.25, 0.3) is 0 Å². The number of aliphatic hydroxyl groups excluding tert-OH is 1. The molecule has 114 valence electrons. The highest BCUT2D eigenvalue weighted by molar-refractivity contribution is 5.85. The van der Waals surface area contributed by atoms with Crippen LogP contribution in [0.4, 0.5) is 10.5 Å². The van der Waals surface area contributed by atoms with E-state index in [-0.39, 0.29) is 11.3 Å². The van der Waals surface area contributed by atoms with E-state index in [1.54, 1.807) is 20.8 Å². The zero-order valence-corrected chi connectivity index (χ0v) is 12.1. The Morgan fingerprint density at radius 2 is 2.19 bits per heavy atom. The topological polar surface area (TPSA) is 128 Å². The summed E-state index contributed by atoms with van der Waals surface area (Å²) < 4.78 is 5.10. The van der Waals surface area contributed by atoms with Crippen molar-refractivity contribution in [2.75, 3.05) is 11.9 Å². The van der Waals surface area contributed by atoms with Crippen LogP contribution in [0.3, 0.4) is 0 Å². The molecule has 21 heavy (non-hydrogen) atoms. The molecule has 0 aliphatic heterocycles. The summed E-state index contributed by atoms with van der Waals surface area (Å²) in [5.41, 5.74) is 8.36. The molecule has 0 bridgehead atoms. The smallest absolute Gasteiger partial charge is 0.412 e. The normalized spacial score (nSPS) is 12.2. The number of anilines is 1. The number of carbonyl (C=O) groups is 1. The summed E-state index contributed by atoms with van der Waals surface area (Å²) in [6.07, 6.45) is -0.650. The molecule has 1 aromatic carbocycles. The van der Waals surface area contributed by atoms with E-state index >= 15 is 0 Å². The van der Waals surface area contributed by atoms with Gasteiger partial charge in [0.15, 0.2) is 0 Å². The lowest BCUT2D eigenvalue weighted by atomic mass is 10.1. The van der Waals surface area contributed by atoms with Gasteiger partial charge in [0, 0.05) is 16.2 Å². The standard InChI is InChI=1S/C13H18N4O4/c1-13(2,3)21-12(20)15-8-4-5-11(19)9(6-8)10(7-18)16-17-14/h4-6,10,18-19H,7H2,1-3H3,(H,15,20). The summed E-state index contributed by atoms with van der Waals surface area (Å²) in [6, 6.07) is 3.27. The highest BCUT2D eigenvalue weighted by atomic mass is 16.6. The number of ether oxygens (including phenoxy) is 1. The third kappa shape index (κ3) is 5.21. The molecule has 8 nitrogen and oxygen atoms in total. The van der Waals surface area contributed by atoms with Gasteiger partial charge >= 0.3 is 6.09 Å². The molecule has 0 aromatic heterocycles. The third-order valence-electron chi connectivity index (χ3n) is 2.40. The van der Waals surface area contributed by atoms with Gasteiger partial charge in [-0.25, -0.2) is 4.79 Å². The monoisotopic (exact) mass is 294 g/mol. The average molecular weight is 294 g/mol. The van der Waals surface area contributed by atoms with Crippen LogP contribution >= 0.6 is 0 Å². The number of benzene rings is 1. The average Bonchev–Trinajstić information content (AvgIpc) is 2.36. The molecule has 0 saturated heterocycles. The Bertz CT molecular complexity index is 562. The lowest BCUT2D eigenvalue weighted by molar-refractivity contribution is 0.0636. The van der Waals surface area contributed by atoms with E-state index in [4.69, 9.17) is 10.3 Å². The van der Waals surface area contributed by atoms with Crippen LogP contribution in [-0.2, 0) is 4.74 Å². The van der Waals surface area contributed by atoms with Crippen molar-refractivity contribution in [3.63, 3.8) is 0 Å². The molecule has 1 atom stereocenters. The van der Waals surface area contributed by atoms with Crippen LogP contribution < -0.4 is 5.32 Å². The van der Waals surface area contributed by atoms with Crippen LogP contribution in [-0.4, -0.2) is 28.5 Å². The molecule has 0 radical (unpaired) electrons. The Balaban J connectivity index is 2.96. The molecule has 1 amide bonds. The Morgan fingerprint density at radius 3 is 2.71 bits per heavy atom. The fourth-order valence-electron chi connectivity index (χ4n) is 1.58. The zero-order valence-electron chi connectivity index (χ0n) is 12.1. The van der Waals surface area contributed by atoms with Crippen LogP contribution in [0.15, 0.2) is 23.3 Å². The first-order valence-corrected chi connectivity index (χ1v) is 6.25. The van der Waals surface area contributed by atoms with Crippen molar-refractivity contribution in [1.29, 1.82) is 0 Å². The van der Waals surface area contributed by atoms with Crippen LogP contribution in [0.25, 0.3) is 10.4 Å². The largest absolute Gasteiger partial charge is 0.508 e. The third-order valence-corrected chi connectivity index (χ3v) is 2.40. The van der Waals surface area contributed by atoms with E-state index in [9.17, 15) is 15.0 Å². The Hall–Kier alpha value is -2.44. The summed E-state index contributed by atoms with van der Waals surface area (Å²) in [5, 5.41) is 24.8. The number of carbonyl (C=O) groups excluding carboxylic acids is 1. The van der Waals surface area contributed by atoms with Crippen molar-refractivity contribution in [2.24, 2.45) is 5.11 Å². The van der Waals surface area contributed by atoms with Gasteiger partial charge in [-0.15, -0.1) is 0 Å². The number of phenols is 1. The first-order valence-electron chi connectivity index (χ1n) is 6.25. The van der Waals surface area contributed by atoms with Crippen molar-refractivity contribution < 1.29 is 19.7 Å². The first-order chi connectivity index (χ1) is 9.76. The highest BCUT2D eigenvalue weighted by Crippen LogP contribution is 2.29. The van der Waals surface area contributed by atoms with Crippen LogP contribution in [0, 0.1) is 0 Å². The molecule has 3 N–H and O–H groups in total. The van der Waals surface area contributed by atoms with Crippen molar-refractivity contribution in [3.05, 3.63) is 34.2 Å². The Morgan fingerprint density at radius 1 is 1.52 bits per heavy atom. The summed E-state index contributed by atoms with van der Waals surface area (Å²) in [7, 11) is 0. The van der Waals surface area contributed by atoms with Gasteiger partial charge in [0.2, 0.25) is 0 Å². The molecule has 0 fully saturated rings. The van der Waals surface area contributed by atoms with Crippen LogP contribution in [0.1, 0.15) is 32.4 Å². The molecule has 0 saturated carbocycles. The summed E-state index contributed by atoms with van der Waals surface area (Å²) >= 11 is 0. The molecule has 1 aromatic rings. The fraction of sp³-hybridized carbons (Fsp3) is 0.462. The SMILES string of the molecule is CC(C)(C)OC(=O)Nc1ccc(O)c(C(CO)N=[N+]=[N-])c1. The number of nitrogens with one attached hydrogen (secondary N) is 1.